The van der Waals surface area contributed by atoms with E-state index in [0.29, 0.717) is 18.8 Å². The summed E-state index contributed by atoms with van der Waals surface area (Å²) in [6.07, 6.45) is 0. The summed E-state index contributed by atoms with van der Waals surface area (Å²) in [5.41, 5.74) is 0.657. The van der Waals surface area contributed by atoms with Crippen LogP contribution in [0.1, 0.15) is 12.5 Å². The molecule has 0 unspecified atom stereocenters. The minimum Gasteiger partial charge on any atom is -0.507 e. The summed E-state index contributed by atoms with van der Waals surface area (Å²) >= 11 is 3.35. The molecule has 0 bridgehead atoms. The van der Waals surface area contributed by atoms with E-state index in [1.165, 1.54) is 0 Å². The molecule has 1 aromatic carbocycles. The highest BCUT2D eigenvalue weighted by Gasteiger charge is 2.35. The lowest BCUT2D eigenvalue weighted by molar-refractivity contribution is -0.150. The Bertz CT molecular complexity index is 345. The highest BCUT2D eigenvalue weighted by atomic mass is 79.9. The van der Waals surface area contributed by atoms with Gasteiger partial charge in [0, 0.05) is 4.47 Å². The Hall–Kier alpha value is -0.580. The third-order valence-corrected chi connectivity index (χ3v) is 2.78. The minimum absolute atomic E-state index is 0.192. The fraction of sp³-hybridized carbons (Fsp3) is 0.400. The van der Waals surface area contributed by atoms with Crippen LogP contribution >= 0.6 is 15.9 Å². The summed E-state index contributed by atoms with van der Waals surface area (Å²) in [5.74, 6) is -0.619. The first kappa shape index (κ1) is 9.96. The van der Waals surface area contributed by atoms with E-state index in [1.54, 1.807) is 18.2 Å². The van der Waals surface area contributed by atoms with E-state index in [0.717, 1.165) is 4.47 Å². The van der Waals surface area contributed by atoms with Gasteiger partial charge in [0.25, 0.3) is 0 Å². The Balaban J connectivity index is 2.44. The van der Waals surface area contributed by atoms with Crippen molar-refractivity contribution >= 4 is 15.9 Å². The summed E-state index contributed by atoms with van der Waals surface area (Å²) < 4.78 is 11.8. The number of benzene rings is 1. The molecule has 1 heterocycles. The first-order valence-electron chi connectivity index (χ1n) is 4.39. The number of phenolic OH excluding ortho intramolecular Hbond substituents is 1. The molecular weight excluding hydrogens is 248 g/mol. The number of phenols is 1. The number of hydrogen-bond donors (Lipinski definition) is 1. The SMILES string of the molecule is CC1(c2cc(Br)ccc2O)OCCO1. The number of ether oxygens (including phenoxy) is 2. The van der Waals surface area contributed by atoms with Gasteiger partial charge in [-0.15, -0.1) is 0 Å². The summed E-state index contributed by atoms with van der Waals surface area (Å²) in [4.78, 5) is 0. The van der Waals surface area contributed by atoms with Crippen LogP contribution in [-0.2, 0) is 15.3 Å². The van der Waals surface area contributed by atoms with Gasteiger partial charge in [0.05, 0.1) is 18.8 Å². The molecular formula is C10H11BrO3. The van der Waals surface area contributed by atoms with Crippen molar-refractivity contribution in [1.82, 2.24) is 0 Å². The molecule has 1 aliphatic heterocycles. The lowest BCUT2D eigenvalue weighted by Crippen LogP contribution is -2.22. The normalized spacial score (nSPS) is 19.9. The van der Waals surface area contributed by atoms with Gasteiger partial charge in [-0.3, -0.25) is 0 Å². The molecule has 0 radical (unpaired) electrons. The molecule has 1 fully saturated rings. The Kier molecular flexibility index (Phi) is 2.51. The predicted molar refractivity (Wildman–Crippen MR) is 55.1 cm³/mol. The molecule has 0 saturated carbocycles. The van der Waals surface area contributed by atoms with E-state index in [9.17, 15) is 5.11 Å². The molecule has 1 aromatic rings. The largest absolute Gasteiger partial charge is 0.507 e. The first-order valence-corrected chi connectivity index (χ1v) is 5.18. The maximum atomic E-state index is 9.68. The maximum absolute atomic E-state index is 9.68. The number of hydrogen-bond acceptors (Lipinski definition) is 3. The second-order valence-corrected chi connectivity index (χ2v) is 4.22. The van der Waals surface area contributed by atoms with Gasteiger partial charge in [-0.1, -0.05) is 15.9 Å². The zero-order chi connectivity index (χ0) is 10.2. The quantitative estimate of drug-likeness (QED) is 0.841. The Morgan fingerprint density at radius 2 is 2.00 bits per heavy atom. The third kappa shape index (κ3) is 1.65. The highest BCUT2D eigenvalue weighted by molar-refractivity contribution is 9.10. The average molecular weight is 259 g/mol. The summed E-state index contributed by atoms with van der Waals surface area (Å²) in [6, 6.07) is 5.20. The number of rotatable bonds is 1. The van der Waals surface area contributed by atoms with Crippen molar-refractivity contribution in [3.8, 4) is 5.75 Å². The molecule has 1 N–H and O–H groups in total. The van der Waals surface area contributed by atoms with Crippen LogP contribution in [-0.4, -0.2) is 18.3 Å². The molecule has 0 atom stereocenters. The number of halogens is 1. The van der Waals surface area contributed by atoms with E-state index in [-0.39, 0.29) is 5.75 Å². The van der Waals surface area contributed by atoms with Crippen LogP contribution in [0.3, 0.4) is 0 Å². The van der Waals surface area contributed by atoms with Crippen LogP contribution in [0.15, 0.2) is 22.7 Å². The van der Waals surface area contributed by atoms with E-state index in [2.05, 4.69) is 15.9 Å². The van der Waals surface area contributed by atoms with Crippen LogP contribution in [0.25, 0.3) is 0 Å². The number of aromatic hydroxyl groups is 1. The van der Waals surface area contributed by atoms with Gasteiger partial charge in [0.15, 0.2) is 5.79 Å². The first-order chi connectivity index (χ1) is 6.62. The van der Waals surface area contributed by atoms with Gasteiger partial charge in [0.2, 0.25) is 0 Å². The van der Waals surface area contributed by atoms with Crippen LogP contribution < -0.4 is 0 Å². The van der Waals surface area contributed by atoms with E-state index in [4.69, 9.17) is 9.47 Å². The lowest BCUT2D eigenvalue weighted by atomic mass is 10.1. The Morgan fingerprint density at radius 3 is 2.64 bits per heavy atom. The summed E-state index contributed by atoms with van der Waals surface area (Å²) in [7, 11) is 0. The molecule has 1 aliphatic rings. The molecule has 0 spiro atoms. The maximum Gasteiger partial charge on any atom is 0.195 e. The van der Waals surface area contributed by atoms with Crippen LogP contribution in [0.5, 0.6) is 5.75 Å². The molecule has 0 aliphatic carbocycles. The standard InChI is InChI=1S/C10H11BrO3/c1-10(13-4-5-14-10)8-6-7(11)2-3-9(8)12/h2-3,6,12H,4-5H2,1H3. The van der Waals surface area contributed by atoms with Gasteiger partial charge in [-0.05, 0) is 25.1 Å². The molecule has 4 heteroatoms. The van der Waals surface area contributed by atoms with E-state index < -0.39 is 5.79 Å². The average Bonchev–Trinajstić information content (AvgIpc) is 2.58. The summed E-state index contributed by atoms with van der Waals surface area (Å²) in [5, 5.41) is 9.68. The molecule has 14 heavy (non-hydrogen) atoms. The minimum atomic E-state index is -0.812. The summed E-state index contributed by atoms with van der Waals surface area (Å²) in [6.45, 7) is 2.92. The fourth-order valence-electron chi connectivity index (χ4n) is 1.54. The molecule has 0 aromatic heterocycles. The lowest BCUT2D eigenvalue weighted by Gasteiger charge is -2.23. The monoisotopic (exact) mass is 258 g/mol. The third-order valence-electron chi connectivity index (χ3n) is 2.29. The van der Waals surface area contributed by atoms with Crippen molar-refractivity contribution in [3.63, 3.8) is 0 Å². The second-order valence-electron chi connectivity index (χ2n) is 3.30. The molecule has 76 valence electrons. The highest BCUT2D eigenvalue weighted by Crippen LogP contribution is 2.37. The van der Waals surface area contributed by atoms with Gasteiger partial charge < -0.3 is 14.6 Å². The molecule has 0 amide bonds. The van der Waals surface area contributed by atoms with Crippen molar-refractivity contribution in [2.45, 2.75) is 12.7 Å². The molecule has 3 nitrogen and oxygen atoms in total. The van der Waals surface area contributed by atoms with Crippen LogP contribution in [0.2, 0.25) is 0 Å². The second kappa shape index (κ2) is 3.53. The van der Waals surface area contributed by atoms with Gasteiger partial charge in [-0.25, -0.2) is 0 Å². The van der Waals surface area contributed by atoms with Crippen molar-refractivity contribution in [1.29, 1.82) is 0 Å². The van der Waals surface area contributed by atoms with Crippen LogP contribution in [0.4, 0.5) is 0 Å². The van der Waals surface area contributed by atoms with Crippen molar-refractivity contribution in [2.24, 2.45) is 0 Å². The van der Waals surface area contributed by atoms with Crippen molar-refractivity contribution in [3.05, 3.63) is 28.2 Å². The zero-order valence-corrected chi connectivity index (χ0v) is 9.37. The van der Waals surface area contributed by atoms with E-state index in [1.807, 2.05) is 6.92 Å². The molecule has 2 rings (SSSR count). The van der Waals surface area contributed by atoms with Crippen molar-refractivity contribution in [2.75, 3.05) is 13.2 Å². The van der Waals surface area contributed by atoms with Gasteiger partial charge >= 0.3 is 0 Å². The van der Waals surface area contributed by atoms with E-state index >= 15 is 0 Å². The fourth-order valence-corrected chi connectivity index (χ4v) is 1.90. The Morgan fingerprint density at radius 1 is 1.36 bits per heavy atom. The van der Waals surface area contributed by atoms with Crippen LogP contribution in [0, 0.1) is 0 Å². The zero-order valence-electron chi connectivity index (χ0n) is 7.79. The molecule has 1 saturated heterocycles. The van der Waals surface area contributed by atoms with Gasteiger partial charge in [-0.2, -0.15) is 0 Å². The van der Waals surface area contributed by atoms with Crippen molar-refractivity contribution < 1.29 is 14.6 Å². The Labute approximate surface area is 90.8 Å². The van der Waals surface area contributed by atoms with Gasteiger partial charge in [0.1, 0.15) is 5.75 Å². The smallest absolute Gasteiger partial charge is 0.195 e. The predicted octanol–water partition coefficient (Wildman–Crippen LogP) is 2.37. The topological polar surface area (TPSA) is 38.7 Å².